The third-order valence-corrected chi connectivity index (χ3v) is 23.8. The van der Waals surface area contributed by atoms with E-state index in [2.05, 4.69) is 89.1 Å². The molecule has 0 amide bonds. The number of H-pyrrole nitrogens is 1. The number of hydrogen-bond donors (Lipinski definition) is 5. The van der Waals surface area contributed by atoms with Gasteiger partial charge in [-0.2, -0.15) is 0 Å². The summed E-state index contributed by atoms with van der Waals surface area (Å²) in [6.45, 7) is 26.7. The predicted octanol–water partition coefficient (Wildman–Crippen LogP) is 12.4. The molecule has 8 aliphatic rings. The second-order valence-electron chi connectivity index (χ2n) is 27.4. The Balaban J connectivity index is 0.000000243. The number of fused-ring (bicyclic) bond motifs is 10. The zero-order valence-electron chi connectivity index (χ0n) is 47.9. The van der Waals surface area contributed by atoms with Gasteiger partial charge < -0.3 is 35.3 Å². The number of nitrogens with two attached hydrogens (primary N) is 1. The lowest BCUT2D eigenvalue weighted by Crippen LogP contribution is -2.65. The van der Waals surface area contributed by atoms with Crippen molar-refractivity contribution in [1.82, 2.24) is 10.1 Å². The molecule has 1 heterocycles. The minimum Gasteiger partial charge on any atom is -0.433 e. The number of aromatic nitrogens is 2. The summed E-state index contributed by atoms with van der Waals surface area (Å²) in [6.07, 6.45) is 17.1. The van der Waals surface area contributed by atoms with Gasteiger partial charge in [0.25, 0.3) is 0 Å². The lowest BCUT2D eigenvalue weighted by molar-refractivity contribution is -0.244. The van der Waals surface area contributed by atoms with Gasteiger partial charge in [-0.25, -0.2) is 9.59 Å². The first-order valence-electron chi connectivity index (χ1n) is 30.0. The molecule has 1 aromatic heterocycles. The van der Waals surface area contributed by atoms with Crippen LogP contribution < -0.4 is 11.5 Å². The van der Waals surface area contributed by atoms with E-state index < -0.39 is 24.1 Å². The number of ether oxygens (including phenoxy) is 3. The van der Waals surface area contributed by atoms with Crippen molar-refractivity contribution >= 4 is 12.0 Å². The molecule has 0 aromatic carbocycles. The number of aliphatic hydroxyl groups is 3. The number of carbonyl (C=O) groups is 1. The summed E-state index contributed by atoms with van der Waals surface area (Å²) in [5.74, 6) is 8.42. The van der Waals surface area contributed by atoms with Crippen molar-refractivity contribution in [3.8, 4) is 0 Å². The molecule has 0 bridgehead atoms. The lowest BCUT2D eigenvalue weighted by atomic mass is 9.39. The van der Waals surface area contributed by atoms with Gasteiger partial charge in [-0.05, 0) is 207 Å². The van der Waals surface area contributed by atoms with Crippen molar-refractivity contribution in [2.24, 2.45) is 127 Å². The van der Waals surface area contributed by atoms with E-state index in [1.54, 1.807) is 14.0 Å². The number of hydrogen-bond acceptors (Lipinski definition) is 12. The van der Waals surface area contributed by atoms with Gasteiger partial charge in [0.1, 0.15) is 12.6 Å². The Labute approximate surface area is 459 Å². The van der Waals surface area contributed by atoms with Gasteiger partial charge in [0.15, 0.2) is 5.82 Å². The van der Waals surface area contributed by atoms with E-state index in [1.165, 1.54) is 44.9 Å². The van der Waals surface area contributed by atoms with Gasteiger partial charge in [-0.15, -0.1) is 0 Å². The zero-order valence-corrected chi connectivity index (χ0v) is 47.9. The molecule has 76 heavy (non-hydrogen) atoms. The van der Waals surface area contributed by atoms with Crippen molar-refractivity contribution in [3.05, 3.63) is 16.4 Å². The number of nitrogens with zero attached hydrogens (tertiary/aromatic N) is 2. The molecular weight excluding hydrogens is 961 g/mol. The predicted molar refractivity (Wildman–Crippen MR) is 300 cm³/mol. The van der Waals surface area contributed by atoms with Crippen LogP contribution in [0, 0.1) is 116 Å². The summed E-state index contributed by atoms with van der Waals surface area (Å²) >= 11 is 0. The molecule has 14 nitrogen and oxygen atoms in total. The molecule has 0 spiro atoms. The standard InChI is InChI=1S/C33H58N2O5.C27H44N2O5.2CH4/c1-9-23-26-17-20(3)15-16-32(26,6)29-22(5)18-33(7)24(12-13-25(33)28(29)30(23)39-19-37-8)21(4)11-14-27(34)35-40-31(36)38-10-2;1-5-16-19-12-15(30)10-11-26(19,3)23-20(31)13-27(4)17(7-8-18(27)22(23)24(16)32)14(2)6-9-21-28-25(33)34-29-21;;/h20-26,28-30H,9-19H2,1-8H3,(H2,34,35);14-20,22-24,30-32H,5-13H2,1-4H3,(H,28,29,33);2*1H4/t20-,21-,22+,23-,24-,25?,26+,28?,29?,30-,32+,33-;14-,15-,16-,17-,18?,19+,20+,22?,23?,24-,26+,27-;;/m11../s1. The molecule has 1 aromatic rings. The maximum absolute atomic E-state index is 11.8. The van der Waals surface area contributed by atoms with Crippen LogP contribution in [0.3, 0.4) is 0 Å². The van der Waals surface area contributed by atoms with Gasteiger partial charge in [0, 0.05) is 20.0 Å². The van der Waals surface area contributed by atoms with Gasteiger partial charge in [0.2, 0.25) is 0 Å². The van der Waals surface area contributed by atoms with Crippen LogP contribution in [0.1, 0.15) is 206 Å². The summed E-state index contributed by atoms with van der Waals surface area (Å²) in [5.41, 5.74) is 6.77. The van der Waals surface area contributed by atoms with Crippen molar-refractivity contribution < 1.29 is 43.7 Å². The van der Waals surface area contributed by atoms with Crippen LogP contribution in [0.15, 0.2) is 14.5 Å². The van der Waals surface area contributed by atoms with Gasteiger partial charge in [0.05, 0.1) is 31.0 Å². The lowest BCUT2D eigenvalue weighted by Gasteiger charge is -2.67. The number of oxime groups is 1. The molecule has 0 radical (unpaired) electrons. The fourth-order valence-corrected chi connectivity index (χ4v) is 21.0. The van der Waals surface area contributed by atoms with Crippen LogP contribution in [0.2, 0.25) is 0 Å². The fourth-order valence-electron chi connectivity index (χ4n) is 21.0. The normalized spacial score (nSPS) is 45.1. The minimum atomic E-state index is -0.804. The summed E-state index contributed by atoms with van der Waals surface area (Å²) < 4.78 is 21.7. The maximum atomic E-state index is 11.8. The number of amidine groups is 1. The Morgan fingerprint density at radius 2 is 1.41 bits per heavy atom. The largest absolute Gasteiger partial charge is 0.535 e. The Kier molecular flexibility index (Phi) is 20.7. The Hall–Kier alpha value is -2.52. The van der Waals surface area contributed by atoms with E-state index in [1.807, 2.05) is 0 Å². The average Bonchev–Trinajstić information content (AvgIpc) is 4.07. The Morgan fingerprint density at radius 3 is 2.03 bits per heavy atom. The molecule has 8 saturated carbocycles. The van der Waals surface area contributed by atoms with Crippen molar-refractivity contribution in [2.75, 3.05) is 20.5 Å². The number of aromatic amines is 1. The van der Waals surface area contributed by atoms with Gasteiger partial charge in [-0.1, -0.05) is 114 Å². The van der Waals surface area contributed by atoms with Crippen LogP contribution in [-0.2, 0) is 25.5 Å². The molecule has 24 atom stereocenters. The molecule has 14 heteroatoms. The highest BCUT2D eigenvalue weighted by molar-refractivity contribution is 5.80. The topological polar surface area (TPSA) is 212 Å². The number of carbonyl (C=O) groups excluding carboxylic acids is 1. The maximum Gasteiger partial charge on any atom is 0.535 e. The van der Waals surface area contributed by atoms with E-state index in [-0.39, 0.29) is 73.6 Å². The summed E-state index contributed by atoms with van der Waals surface area (Å²) in [4.78, 5) is 30.2. The monoisotopic (exact) mass is 1070 g/mol. The van der Waals surface area contributed by atoms with E-state index >= 15 is 0 Å². The quantitative estimate of drug-likeness (QED) is 0.0277. The van der Waals surface area contributed by atoms with E-state index in [0.29, 0.717) is 95.9 Å². The molecule has 6 N–H and O–H groups in total. The highest BCUT2D eigenvalue weighted by Crippen LogP contribution is 2.73. The molecule has 8 aliphatic carbocycles. The molecular formula is C62H110N4O10. The molecule has 9 rings (SSSR count). The van der Waals surface area contributed by atoms with Crippen LogP contribution >= 0.6 is 0 Å². The third kappa shape index (κ3) is 11.4. The van der Waals surface area contributed by atoms with Gasteiger partial charge >= 0.3 is 11.9 Å². The highest BCUT2D eigenvalue weighted by Gasteiger charge is 2.69. The first-order chi connectivity index (χ1) is 35.1. The number of aryl methyl sites for hydroxylation is 1. The summed E-state index contributed by atoms with van der Waals surface area (Å²) in [6, 6.07) is 0. The molecule has 438 valence electrons. The Morgan fingerprint density at radius 1 is 0.803 bits per heavy atom. The minimum absolute atomic E-state index is 0. The first-order valence-corrected chi connectivity index (χ1v) is 30.0. The zero-order chi connectivity index (χ0) is 53.7. The van der Waals surface area contributed by atoms with E-state index in [4.69, 9.17) is 24.8 Å². The van der Waals surface area contributed by atoms with Crippen molar-refractivity contribution in [3.63, 3.8) is 0 Å². The second kappa shape index (κ2) is 25.1. The van der Waals surface area contributed by atoms with Crippen LogP contribution in [-0.4, -0.2) is 82.4 Å². The van der Waals surface area contributed by atoms with Crippen molar-refractivity contribution in [1.29, 1.82) is 0 Å². The number of nitrogens with one attached hydrogen (secondary N) is 1. The van der Waals surface area contributed by atoms with Crippen LogP contribution in [0.4, 0.5) is 4.79 Å². The number of rotatable bonds is 15. The Bertz CT molecular complexity index is 2120. The summed E-state index contributed by atoms with van der Waals surface area (Å²) in [5, 5.41) is 41.7. The molecule has 8 fully saturated rings. The van der Waals surface area contributed by atoms with E-state index in [9.17, 15) is 24.9 Å². The highest BCUT2D eigenvalue weighted by atomic mass is 16.8. The molecule has 0 aliphatic heterocycles. The van der Waals surface area contributed by atoms with Crippen LogP contribution in [0.25, 0.3) is 0 Å². The number of methoxy groups -OCH3 is 1. The summed E-state index contributed by atoms with van der Waals surface area (Å²) in [7, 11) is 1.77. The average molecular weight is 1070 g/mol. The van der Waals surface area contributed by atoms with E-state index in [0.717, 1.165) is 69.6 Å². The molecule has 0 saturated heterocycles. The fraction of sp³-hybridized carbons (Fsp3) is 0.935. The second-order valence-corrected chi connectivity index (χ2v) is 27.4. The third-order valence-electron chi connectivity index (χ3n) is 23.8. The molecule has 6 unspecified atom stereocenters. The smallest absolute Gasteiger partial charge is 0.433 e. The number of aliphatic hydroxyl groups excluding tert-OH is 3. The van der Waals surface area contributed by atoms with Crippen LogP contribution in [0.5, 0.6) is 0 Å². The SMILES string of the molecule is C.C.CCOC(=O)ON=C(N)CC[C@@H](C)[C@H]1CCC2C3C([C@@H](C)C[C@@]21C)[C@@]1(C)CC[C@@H](C)C[C@H]1[C@@H](CC)[C@H]3OCOC.CC[C@H]1[C@@H](O)C2C3CC[C@H]([C@H](C)CCc4noc(=O)[nH]4)[C@@]3(C)C[C@H](O)C2[C@@]2(C)CC[C@@H](O)C[C@@H]12. The van der Waals surface area contributed by atoms with Crippen molar-refractivity contribution in [2.45, 2.75) is 231 Å². The first kappa shape index (κ1) is 62.7. The van der Waals surface area contributed by atoms with Gasteiger partial charge in [-0.3, -0.25) is 14.3 Å².